The van der Waals surface area contributed by atoms with Gasteiger partial charge in [-0.25, -0.2) is 0 Å². The van der Waals surface area contributed by atoms with Gasteiger partial charge < -0.3 is 18.6 Å². The van der Waals surface area contributed by atoms with Crippen molar-refractivity contribution >= 4 is 142 Å². The maximum absolute atomic E-state index is 7.02. The van der Waals surface area contributed by atoms with Crippen LogP contribution in [0.3, 0.4) is 0 Å². The molecule has 17 aromatic carbocycles. The summed E-state index contributed by atoms with van der Waals surface area (Å²) in [4.78, 5) is 4.95. The van der Waals surface area contributed by atoms with Crippen molar-refractivity contribution in [3.8, 4) is 44.5 Å². The van der Waals surface area contributed by atoms with E-state index in [1.54, 1.807) is 0 Å². The van der Waals surface area contributed by atoms with Crippen LogP contribution in [0.5, 0.6) is 0 Å². The summed E-state index contributed by atoms with van der Waals surface area (Å²) in [5, 5.41) is 14.1. The second kappa shape index (κ2) is 20.3. The highest BCUT2D eigenvalue weighted by Gasteiger charge is 2.53. The summed E-state index contributed by atoms with van der Waals surface area (Å²) in [5.41, 5.74) is 29.5. The minimum atomic E-state index is -0.518. The number of thiophene rings is 1. The first kappa shape index (κ1) is 55.8. The maximum atomic E-state index is 7.02. The molecule has 0 atom stereocenters. The zero-order chi connectivity index (χ0) is 67.0. The van der Waals surface area contributed by atoms with E-state index in [1.165, 1.54) is 142 Å². The molecule has 2 spiro atoms. The maximum Gasteiger partial charge on any atom is 0.159 e. The molecule has 0 N–H and O–H groups in total. The number of nitrogens with zero attached hydrogens (tertiary/aromatic N) is 2. The molecule has 4 nitrogen and oxygen atoms in total. The molecule has 4 aliphatic rings. The van der Waals surface area contributed by atoms with E-state index in [0.29, 0.717) is 0 Å². The van der Waals surface area contributed by atoms with Crippen LogP contribution in [0.2, 0.25) is 0 Å². The Hall–Kier alpha value is -13.1. The first-order valence-electron chi connectivity index (χ1n) is 35.6. The van der Waals surface area contributed by atoms with Crippen LogP contribution in [0.25, 0.3) is 141 Å². The van der Waals surface area contributed by atoms with Crippen molar-refractivity contribution in [2.24, 2.45) is 0 Å². The van der Waals surface area contributed by atoms with Crippen LogP contribution in [0.4, 0.5) is 34.1 Å². The quantitative estimate of drug-likeness (QED) is 0.155. The first-order valence-corrected chi connectivity index (χ1v) is 36.4. The Morgan fingerprint density at radius 1 is 0.204 bits per heavy atom. The molecule has 0 unspecified atom stereocenters. The molecule has 5 heteroatoms. The van der Waals surface area contributed by atoms with Crippen molar-refractivity contribution in [3.63, 3.8) is 0 Å². The molecule has 24 rings (SSSR count). The zero-order valence-corrected chi connectivity index (χ0v) is 56.3. The summed E-state index contributed by atoms with van der Waals surface area (Å²) in [5.74, 6) is 0. The van der Waals surface area contributed by atoms with Gasteiger partial charge in [0.05, 0.1) is 16.5 Å². The van der Waals surface area contributed by atoms with E-state index in [4.69, 9.17) is 8.83 Å². The van der Waals surface area contributed by atoms with Crippen LogP contribution >= 0.6 is 11.3 Å². The number of anilines is 6. The van der Waals surface area contributed by atoms with Crippen molar-refractivity contribution in [2.75, 3.05) is 9.80 Å². The Bertz CT molecular complexity index is 7060. The number of hydrogen-bond acceptors (Lipinski definition) is 5. The van der Waals surface area contributed by atoms with Crippen LogP contribution in [0, 0.1) is 0 Å². The molecule has 0 radical (unpaired) electrons. The zero-order valence-electron chi connectivity index (χ0n) is 55.5. The summed E-state index contributed by atoms with van der Waals surface area (Å²) >= 11 is 1.87. The standard InChI is InChI=1S/C98H56N2O2S/c1-2-21-63-62(20-1)76-50-57(99(58-43-48-93-79(51-58)74-29-10-17-38-91(74)101-93)60-41-46-71-69-26-7-15-35-86(69)97(88(71)53-60)82-31-11-3-22-65(82)66-23-4-12-32-83(66)97)40-45-64(76)78-56-95-81(55-77(63)78)80-52-59(44-49-94(80)103-95)100(90-37-19-30-75-73-28-9-18-39-92(73)102-96(75)90)61-42-47-72-70-27-8-16-36-87(70)98(89(72)54-61)84-33-13-5-24-67(84)68-25-6-14-34-85(68)98/h1-56H. The average Bonchev–Trinajstić information content (AvgIpc) is 1.52. The van der Waals surface area contributed by atoms with Crippen LogP contribution in [0.1, 0.15) is 44.5 Å². The summed E-state index contributed by atoms with van der Waals surface area (Å²) in [6.07, 6.45) is 0. The predicted molar refractivity (Wildman–Crippen MR) is 428 cm³/mol. The van der Waals surface area contributed by atoms with Crippen molar-refractivity contribution in [1.29, 1.82) is 0 Å². The third-order valence-corrected chi connectivity index (χ3v) is 24.8. The molecule has 3 heterocycles. The smallest absolute Gasteiger partial charge is 0.159 e. The fourth-order valence-electron chi connectivity index (χ4n) is 19.6. The van der Waals surface area contributed by atoms with Crippen LogP contribution in [-0.4, -0.2) is 0 Å². The SMILES string of the molecule is c1ccc2c(c1)-c1ccccc1C21c2ccccc2-c2ccc(N(c3ccc4oc5ccccc5c4c3)c3ccc4c(c3)c3ccccc3c3cc5c(cc43)sc3ccc(N(c4ccc6c(c4)C4(c7ccccc7-c7ccccc74)c4ccccc4-6)c4cccc6c4oc4ccccc46)cc35)cc21. The van der Waals surface area contributed by atoms with E-state index in [0.717, 1.165) is 78.0 Å². The van der Waals surface area contributed by atoms with Crippen molar-refractivity contribution in [1.82, 2.24) is 0 Å². The van der Waals surface area contributed by atoms with E-state index in [-0.39, 0.29) is 0 Å². The van der Waals surface area contributed by atoms with Gasteiger partial charge in [0.2, 0.25) is 0 Å². The Morgan fingerprint density at radius 3 is 1.13 bits per heavy atom. The van der Waals surface area contributed by atoms with Crippen molar-refractivity contribution < 1.29 is 8.83 Å². The Morgan fingerprint density at radius 2 is 0.563 bits per heavy atom. The van der Waals surface area contributed by atoms with Gasteiger partial charge in [0.25, 0.3) is 0 Å². The minimum Gasteiger partial charge on any atom is -0.456 e. The normalized spacial score (nSPS) is 13.8. The monoisotopic (exact) mass is 1320 g/mol. The molecule has 103 heavy (non-hydrogen) atoms. The van der Waals surface area contributed by atoms with Gasteiger partial charge in [-0.15, -0.1) is 11.3 Å². The summed E-state index contributed by atoms with van der Waals surface area (Å²) < 4.78 is 16.0. The van der Waals surface area contributed by atoms with Crippen molar-refractivity contribution in [2.45, 2.75) is 10.8 Å². The topological polar surface area (TPSA) is 32.8 Å². The molecule has 0 bridgehead atoms. The van der Waals surface area contributed by atoms with Crippen molar-refractivity contribution in [3.05, 3.63) is 384 Å². The third-order valence-electron chi connectivity index (χ3n) is 23.6. The predicted octanol–water partition coefficient (Wildman–Crippen LogP) is 26.9. The van der Waals surface area contributed by atoms with Gasteiger partial charge in [0, 0.05) is 70.2 Å². The largest absolute Gasteiger partial charge is 0.456 e. The second-order valence-corrected chi connectivity index (χ2v) is 29.5. The van der Waals surface area contributed by atoms with Gasteiger partial charge in [-0.2, -0.15) is 0 Å². The lowest BCUT2D eigenvalue weighted by Crippen LogP contribution is -2.26. The highest BCUT2D eigenvalue weighted by Crippen LogP contribution is 2.66. The van der Waals surface area contributed by atoms with Crippen LogP contribution in [0.15, 0.2) is 349 Å². The molecular formula is C98H56N2O2S. The van der Waals surface area contributed by atoms with Gasteiger partial charge in [0.15, 0.2) is 5.58 Å². The third kappa shape index (κ3) is 7.23. The van der Waals surface area contributed by atoms with Crippen LogP contribution in [-0.2, 0) is 10.8 Å². The van der Waals surface area contributed by atoms with Gasteiger partial charge in [-0.1, -0.05) is 237 Å². The summed E-state index contributed by atoms with van der Waals surface area (Å²) in [6, 6.07) is 128. The van der Waals surface area contributed by atoms with Gasteiger partial charge >= 0.3 is 0 Å². The molecular weight excluding hydrogens is 1270 g/mol. The number of furan rings is 2. The number of hydrogen-bond donors (Lipinski definition) is 0. The lowest BCUT2D eigenvalue weighted by molar-refractivity contribution is 0.668. The number of benzene rings is 17. The molecule has 0 amide bonds. The van der Waals surface area contributed by atoms with E-state index in [2.05, 4.69) is 350 Å². The Kier molecular flexibility index (Phi) is 11.0. The fraction of sp³-hybridized carbons (Fsp3) is 0.0204. The molecule has 0 aliphatic heterocycles. The molecule has 0 saturated carbocycles. The van der Waals surface area contributed by atoms with Gasteiger partial charge in [-0.3, -0.25) is 0 Å². The number of para-hydroxylation sites is 3. The molecule has 476 valence electrons. The minimum absolute atomic E-state index is 0.510. The van der Waals surface area contributed by atoms with E-state index < -0.39 is 10.8 Å². The Labute approximate surface area is 596 Å². The lowest BCUT2D eigenvalue weighted by Gasteiger charge is -2.32. The Balaban J connectivity index is 0.701. The van der Waals surface area contributed by atoms with Gasteiger partial charge in [-0.05, 0) is 224 Å². The lowest BCUT2D eigenvalue weighted by atomic mass is 9.70. The first-order chi connectivity index (χ1) is 51.1. The molecule has 4 aliphatic carbocycles. The second-order valence-electron chi connectivity index (χ2n) is 28.4. The van der Waals surface area contributed by atoms with E-state index in [1.807, 2.05) is 11.3 Å². The molecule has 0 fully saturated rings. The molecule has 3 aromatic heterocycles. The highest BCUT2D eigenvalue weighted by molar-refractivity contribution is 7.26. The average molecular weight is 1330 g/mol. The van der Waals surface area contributed by atoms with E-state index in [9.17, 15) is 0 Å². The molecule has 20 aromatic rings. The number of fused-ring (bicyclic) bond motifs is 35. The summed E-state index contributed by atoms with van der Waals surface area (Å²) in [6.45, 7) is 0. The fourth-order valence-corrected chi connectivity index (χ4v) is 20.7. The van der Waals surface area contributed by atoms with Gasteiger partial charge in [0.1, 0.15) is 16.7 Å². The van der Waals surface area contributed by atoms with E-state index >= 15 is 0 Å². The number of rotatable bonds is 6. The summed E-state index contributed by atoms with van der Waals surface area (Å²) in [7, 11) is 0. The van der Waals surface area contributed by atoms with Crippen LogP contribution < -0.4 is 9.80 Å². The molecule has 0 saturated heterocycles. The highest BCUT2D eigenvalue weighted by atomic mass is 32.1.